The van der Waals surface area contributed by atoms with Gasteiger partial charge in [0.15, 0.2) is 8.29 Å². The van der Waals surface area contributed by atoms with Gasteiger partial charge >= 0.3 is 0 Å². The third-order valence-corrected chi connectivity index (χ3v) is 5.56. The summed E-state index contributed by atoms with van der Waals surface area (Å²) in [4.78, 5) is 0. The maximum absolute atomic E-state index is 13.0. The second-order valence-electron chi connectivity index (χ2n) is 4.62. The van der Waals surface area contributed by atoms with Gasteiger partial charge in [0.2, 0.25) is 0 Å². The molecule has 3 nitrogen and oxygen atoms in total. The highest BCUT2D eigenvalue weighted by molar-refractivity contribution is 8.00. The van der Waals surface area contributed by atoms with E-state index in [1.165, 1.54) is 23.5 Å². The SMILES string of the molecule is COc1ccccc1CSc1nn(-c2ccc(F)cc2)c(=S)s1. The molecular formula is C16H13FN2OS3. The summed E-state index contributed by atoms with van der Waals surface area (Å²) in [5, 5.41) is 4.51. The fourth-order valence-corrected chi connectivity index (χ4v) is 4.38. The summed E-state index contributed by atoms with van der Waals surface area (Å²) in [5.41, 5.74) is 1.87. The molecule has 0 saturated carbocycles. The number of halogens is 1. The number of hydrogen-bond donors (Lipinski definition) is 0. The molecule has 0 radical (unpaired) electrons. The molecule has 23 heavy (non-hydrogen) atoms. The van der Waals surface area contributed by atoms with Crippen molar-refractivity contribution in [3.8, 4) is 11.4 Å². The van der Waals surface area contributed by atoms with Crippen LogP contribution in [0.4, 0.5) is 4.39 Å². The van der Waals surface area contributed by atoms with E-state index in [4.69, 9.17) is 17.0 Å². The third-order valence-electron chi connectivity index (χ3n) is 3.14. The number of hydrogen-bond acceptors (Lipinski definition) is 5. The number of ether oxygens (including phenoxy) is 1. The Morgan fingerprint density at radius 2 is 1.96 bits per heavy atom. The molecule has 0 saturated heterocycles. The van der Waals surface area contributed by atoms with E-state index in [9.17, 15) is 4.39 Å². The van der Waals surface area contributed by atoms with E-state index in [1.54, 1.807) is 35.7 Å². The first kappa shape index (κ1) is 16.2. The van der Waals surface area contributed by atoms with Crippen molar-refractivity contribution >= 4 is 35.3 Å². The van der Waals surface area contributed by atoms with Crippen LogP contribution in [0.25, 0.3) is 5.69 Å². The lowest BCUT2D eigenvalue weighted by molar-refractivity contribution is 0.411. The van der Waals surface area contributed by atoms with E-state index in [0.29, 0.717) is 3.95 Å². The van der Waals surface area contributed by atoms with Crippen LogP contribution < -0.4 is 4.74 Å². The number of nitrogens with zero attached hydrogens (tertiary/aromatic N) is 2. The van der Waals surface area contributed by atoms with Crippen LogP contribution >= 0.6 is 35.3 Å². The van der Waals surface area contributed by atoms with Gasteiger partial charge in [-0.05, 0) is 42.5 Å². The molecule has 0 fully saturated rings. The van der Waals surface area contributed by atoms with Crippen LogP contribution in [0.5, 0.6) is 5.75 Å². The number of rotatable bonds is 5. The molecule has 0 bridgehead atoms. The highest BCUT2D eigenvalue weighted by atomic mass is 32.2. The Morgan fingerprint density at radius 1 is 1.22 bits per heavy atom. The smallest absolute Gasteiger partial charge is 0.184 e. The zero-order chi connectivity index (χ0) is 16.2. The lowest BCUT2D eigenvalue weighted by Gasteiger charge is -2.06. The normalized spacial score (nSPS) is 10.7. The molecular weight excluding hydrogens is 351 g/mol. The molecule has 0 N–H and O–H groups in total. The minimum absolute atomic E-state index is 0.277. The van der Waals surface area contributed by atoms with E-state index >= 15 is 0 Å². The summed E-state index contributed by atoms with van der Waals surface area (Å²) < 4.78 is 21.5. The number of para-hydroxylation sites is 1. The third kappa shape index (κ3) is 3.80. The second kappa shape index (κ2) is 7.25. The van der Waals surface area contributed by atoms with Gasteiger partial charge < -0.3 is 4.74 Å². The molecule has 0 aliphatic rings. The zero-order valence-electron chi connectivity index (χ0n) is 12.2. The topological polar surface area (TPSA) is 27.1 Å². The van der Waals surface area contributed by atoms with E-state index in [0.717, 1.165) is 27.1 Å². The fourth-order valence-electron chi connectivity index (χ4n) is 2.03. The standard InChI is InChI=1S/C16H13FN2OS3/c1-20-14-5-3-2-4-11(14)10-22-15-18-19(16(21)23-15)13-8-6-12(17)7-9-13/h2-9H,10H2,1H3. The summed E-state index contributed by atoms with van der Waals surface area (Å²) in [5.74, 6) is 1.33. The van der Waals surface area contributed by atoms with Crippen LogP contribution in [0.15, 0.2) is 52.9 Å². The Hall–Kier alpha value is -1.70. The van der Waals surface area contributed by atoms with Crippen LogP contribution in [-0.4, -0.2) is 16.9 Å². The molecule has 0 atom stereocenters. The van der Waals surface area contributed by atoms with Crippen LogP contribution in [0.3, 0.4) is 0 Å². The van der Waals surface area contributed by atoms with Gasteiger partial charge in [-0.1, -0.05) is 41.3 Å². The van der Waals surface area contributed by atoms with Gasteiger partial charge in [0, 0.05) is 11.3 Å². The van der Waals surface area contributed by atoms with Crippen molar-refractivity contribution < 1.29 is 9.13 Å². The molecule has 7 heteroatoms. The number of methoxy groups -OCH3 is 1. The molecule has 0 amide bonds. The maximum atomic E-state index is 13.0. The molecule has 0 unspecified atom stereocenters. The Labute approximate surface area is 146 Å². The predicted molar refractivity (Wildman–Crippen MR) is 94.8 cm³/mol. The molecule has 0 aliphatic carbocycles. The van der Waals surface area contributed by atoms with E-state index in [2.05, 4.69) is 5.10 Å². The summed E-state index contributed by atoms with van der Waals surface area (Å²) in [6.07, 6.45) is 0. The highest BCUT2D eigenvalue weighted by Gasteiger charge is 2.09. The van der Waals surface area contributed by atoms with Crippen LogP contribution in [0.2, 0.25) is 0 Å². The van der Waals surface area contributed by atoms with Crippen molar-refractivity contribution in [3.63, 3.8) is 0 Å². The lowest BCUT2D eigenvalue weighted by Crippen LogP contribution is -1.96. The van der Waals surface area contributed by atoms with Crippen molar-refractivity contribution in [3.05, 3.63) is 63.9 Å². The molecule has 118 valence electrons. The average molecular weight is 364 g/mol. The summed E-state index contributed by atoms with van der Waals surface area (Å²) >= 11 is 8.40. The van der Waals surface area contributed by atoms with Gasteiger partial charge in [-0.2, -0.15) is 0 Å². The molecule has 3 aromatic rings. The summed E-state index contributed by atoms with van der Waals surface area (Å²) in [6, 6.07) is 14.0. The highest BCUT2D eigenvalue weighted by Crippen LogP contribution is 2.30. The van der Waals surface area contributed by atoms with Gasteiger partial charge in [-0.25, -0.2) is 9.07 Å². The van der Waals surface area contributed by atoms with Gasteiger partial charge in [0.1, 0.15) is 11.6 Å². The quantitative estimate of drug-likeness (QED) is 0.465. The minimum Gasteiger partial charge on any atom is -0.496 e. The lowest BCUT2D eigenvalue weighted by atomic mass is 10.2. The monoisotopic (exact) mass is 364 g/mol. The average Bonchev–Trinajstić information content (AvgIpc) is 2.95. The molecule has 1 aromatic heterocycles. The van der Waals surface area contributed by atoms with Crippen molar-refractivity contribution in [2.75, 3.05) is 7.11 Å². The van der Waals surface area contributed by atoms with Crippen molar-refractivity contribution in [1.82, 2.24) is 9.78 Å². The van der Waals surface area contributed by atoms with Crippen LogP contribution in [-0.2, 0) is 5.75 Å². The Balaban J connectivity index is 1.79. The van der Waals surface area contributed by atoms with Gasteiger partial charge in [0.05, 0.1) is 12.8 Å². The van der Waals surface area contributed by atoms with Crippen molar-refractivity contribution in [2.24, 2.45) is 0 Å². The molecule has 2 aromatic carbocycles. The van der Waals surface area contributed by atoms with Crippen LogP contribution in [0.1, 0.15) is 5.56 Å². The first-order valence-electron chi connectivity index (χ1n) is 6.78. The second-order valence-corrected chi connectivity index (χ2v) is 7.47. The Kier molecular flexibility index (Phi) is 5.09. The summed E-state index contributed by atoms with van der Waals surface area (Å²) in [7, 11) is 1.66. The van der Waals surface area contributed by atoms with Crippen molar-refractivity contribution in [1.29, 1.82) is 0 Å². The van der Waals surface area contributed by atoms with Gasteiger partial charge in [0.25, 0.3) is 0 Å². The fraction of sp³-hybridized carbons (Fsp3) is 0.125. The van der Waals surface area contributed by atoms with Gasteiger partial charge in [-0.15, -0.1) is 5.10 Å². The van der Waals surface area contributed by atoms with E-state index < -0.39 is 0 Å². The van der Waals surface area contributed by atoms with E-state index in [1.807, 2.05) is 24.3 Å². The zero-order valence-corrected chi connectivity index (χ0v) is 14.7. The minimum atomic E-state index is -0.277. The number of thioether (sulfide) groups is 1. The Morgan fingerprint density at radius 3 is 2.70 bits per heavy atom. The molecule has 1 heterocycles. The van der Waals surface area contributed by atoms with Crippen molar-refractivity contribution in [2.45, 2.75) is 10.1 Å². The van der Waals surface area contributed by atoms with Crippen LogP contribution in [0, 0.1) is 9.77 Å². The summed E-state index contributed by atoms with van der Waals surface area (Å²) in [6.45, 7) is 0. The first-order chi connectivity index (χ1) is 11.2. The predicted octanol–water partition coefficient (Wildman–Crippen LogP) is 5.10. The Bertz CT molecular complexity index is 858. The van der Waals surface area contributed by atoms with E-state index in [-0.39, 0.29) is 5.82 Å². The number of aromatic nitrogens is 2. The molecule has 3 rings (SSSR count). The molecule has 0 aliphatic heterocycles. The van der Waals surface area contributed by atoms with Gasteiger partial charge in [-0.3, -0.25) is 0 Å². The maximum Gasteiger partial charge on any atom is 0.184 e. The number of benzene rings is 2. The molecule has 0 spiro atoms. The largest absolute Gasteiger partial charge is 0.496 e. The first-order valence-corrected chi connectivity index (χ1v) is 8.99.